The molecule has 0 amide bonds. The molecule has 0 unspecified atom stereocenters. The molecule has 1 rings (SSSR count). The summed E-state index contributed by atoms with van der Waals surface area (Å²) in [6, 6.07) is 3.58. The van der Waals surface area contributed by atoms with E-state index in [-0.39, 0.29) is 23.5 Å². The molecule has 16 heavy (non-hydrogen) atoms. The summed E-state index contributed by atoms with van der Waals surface area (Å²) in [5.41, 5.74) is 6.02. The average Bonchev–Trinajstić information content (AvgIpc) is 2.22. The van der Waals surface area contributed by atoms with Crippen LogP contribution in [0.4, 0.5) is 4.39 Å². The summed E-state index contributed by atoms with van der Waals surface area (Å²) in [6.45, 7) is 3.50. The van der Waals surface area contributed by atoms with Crippen LogP contribution in [0.5, 0.6) is 5.75 Å². The first-order valence-electron chi connectivity index (χ1n) is 4.39. The van der Waals surface area contributed by atoms with Gasteiger partial charge in [0.1, 0.15) is 0 Å². The minimum absolute atomic E-state index is 0. The van der Waals surface area contributed by atoms with Crippen LogP contribution in [0.25, 0.3) is 0 Å². The van der Waals surface area contributed by atoms with Gasteiger partial charge in [-0.3, -0.25) is 0 Å². The van der Waals surface area contributed by atoms with E-state index < -0.39 is 17.6 Å². The molecule has 0 heterocycles. The van der Waals surface area contributed by atoms with Crippen LogP contribution in [0.2, 0.25) is 0 Å². The first kappa shape index (κ1) is 14.4. The van der Waals surface area contributed by atoms with E-state index in [1.807, 2.05) is 6.07 Å². The molecule has 3 nitrogen and oxygen atoms in total. The molecule has 0 aliphatic heterocycles. The van der Waals surface area contributed by atoms with Gasteiger partial charge in [0.05, 0.1) is 11.6 Å². The van der Waals surface area contributed by atoms with Gasteiger partial charge >= 0.3 is 0 Å². The second kappa shape index (κ2) is 6.11. The number of hydrogen-bond acceptors (Lipinski definition) is 3. The molecular formula is C11H12ClFN2O. The lowest BCUT2D eigenvalue weighted by atomic mass is 9.98. The lowest BCUT2D eigenvalue weighted by Crippen LogP contribution is -2.11. The molecule has 1 aromatic rings. The highest BCUT2D eigenvalue weighted by Crippen LogP contribution is 2.30. The average molecular weight is 243 g/mol. The number of phenols is 1. The molecule has 0 fully saturated rings. The van der Waals surface area contributed by atoms with E-state index in [2.05, 4.69) is 6.58 Å². The normalized spacial score (nSPS) is 11.1. The monoisotopic (exact) mass is 242 g/mol. The minimum Gasteiger partial charge on any atom is -0.505 e. The van der Waals surface area contributed by atoms with Crippen molar-refractivity contribution in [3.63, 3.8) is 0 Å². The largest absolute Gasteiger partial charge is 0.505 e. The fraction of sp³-hybridized carbons (Fsp3) is 0.182. The Balaban J connectivity index is 0.00000225. The van der Waals surface area contributed by atoms with Crippen molar-refractivity contribution in [2.24, 2.45) is 5.73 Å². The van der Waals surface area contributed by atoms with Crippen molar-refractivity contribution < 1.29 is 9.50 Å². The smallest absolute Gasteiger partial charge is 0.165 e. The van der Waals surface area contributed by atoms with E-state index in [9.17, 15) is 9.50 Å². The lowest BCUT2D eigenvalue weighted by molar-refractivity contribution is 0.420. The third kappa shape index (κ3) is 2.72. The molecule has 3 N–H and O–H groups in total. The molecule has 1 aromatic carbocycles. The maximum absolute atomic E-state index is 13.1. The van der Waals surface area contributed by atoms with Gasteiger partial charge in [0.2, 0.25) is 0 Å². The van der Waals surface area contributed by atoms with Crippen molar-refractivity contribution in [1.82, 2.24) is 0 Å². The number of halogens is 2. The van der Waals surface area contributed by atoms with Gasteiger partial charge in [-0.15, -0.1) is 19.0 Å². The Morgan fingerprint density at radius 1 is 1.62 bits per heavy atom. The van der Waals surface area contributed by atoms with Crippen molar-refractivity contribution in [2.45, 2.75) is 12.5 Å². The number of aromatic hydroxyl groups is 1. The van der Waals surface area contributed by atoms with Crippen molar-refractivity contribution in [1.29, 1.82) is 5.26 Å². The summed E-state index contributed by atoms with van der Waals surface area (Å²) in [5.74, 6) is -1.33. The van der Waals surface area contributed by atoms with Gasteiger partial charge in [0, 0.05) is 11.6 Å². The molecule has 1 atom stereocenters. The Hall–Kier alpha value is -1.57. The van der Waals surface area contributed by atoms with Crippen LogP contribution < -0.4 is 5.73 Å². The van der Waals surface area contributed by atoms with Gasteiger partial charge in [-0.25, -0.2) is 4.39 Å². The standard InChI is InChI=1S/C11H11FN2O.ClH/c1-2-3-9(14)10-7(6-13)4-5-8(12)11(10)15;/h2,4-5,9,15H,1,3,14H2;1H/t9-;/m0./s1. The van der Waals surface area contributed by atoms with Gasteiger partial charge in [0.25, 0.3) is 0 Å². The first-order chi connectivity index (χ1) is 7.11. The Morgan fingerprint density at radius 2 is 2.25 bits per heavy atom. The Labute approximate surface area is 99.4 Å². The molecular weight excluding hydrogens is 231 g/mol. The predicted octanol–water partition coefficient (Wildman–Crippen LogP) is 2.40. The lowest BCUT2D eigenvalue weighted by Gasteiger charge is -2.13. The number of hydrogen-bond donors (Lipinski definition) is 2. The third-order valence-corrected chi connectivity index (χ3v) is 2.08. The van der Waals surface area contributed by atoms with Gasteiger partial charge in [0.15, 0.2) is 11.6 Å². The Morgan fingerprint density at radius 3 is 2.75 bits per heavy atom. The van der Waals surface area contributed by atoms with E-state index in [1.165, 1.54) is 6.07 Å². The van der Waals surface area contributed by atoms with Crippen LogP contribution in [0.3, 0.4) is 0 Å². The van der Waals surface area contributed by atoms with Crippen LogP contribution in [-0.2, 0) is 0 Å². The van der Waals surface area contributed by atoms with Crippen LogP contribution >= 0.6 is 12.4 Å². The summed E-state index contributed by atoms with van der Waals surface area (Å²) in [6.07, 6.45) is 1.92. The van der Waals surface area contributed by atoms with Gasteiger partial charge in [-0.2, -0.15) is 5.26 Å². The SMILES string of the molecule is C=CC[C@H](N)c1c(C#N)ccc(F)c1O.Cl. The van der Waals surface area contributed by atoms with E-state index in [0.29, 0.717) is 6.42 Å². The van der Waals surface area contributed by atoms with E-state index in [1.54, 1.807) is 6.08 Å². The number of benzene rings is 1. The van der Waals surface area contributed by atoms with E-state index in [0.717, 1.165) is 6.07 Å². The maximum atomic E-state index is 13.1. The fourth-order valence-corrected chi connectivity index (χ4v) is 1.35. The second-order valence-corrected chi connectivity index (χ2v) is 3.10. The predicted molar refractivity (Wildman–Crippen MR) is 61.8 cm³/mol. The quantitative estimate of drug-likeness (QED) is 0.800. The maximum Gasteiger partial charge on any atom is 0.165 e. The zero-order valence-corrected chi connectivity index (χ0v) is 9.30. The molecule has 0 saturated heterocycles. The van der Waals surface area contributed by atoms with Gasteiger partial charge < -0.3 is 10.8 Å². The van der Waals surface area contributed by atoms with Crippen LogP contribution in [-0.4, -0.2) is 5.11 Å². The third-order valence-electron chi connectivity index (χ3n) is 2.08. The molecule has 0 aliphatic carbocycles. The molecule has 0 aromatic heterocycles. The molecule has 5 heteroatoms. The van der Waals surface area contributed by atoms with Crippen LogP contribution in [0.15, 0.2) is 24.8 Å². The summed E-state index contributed by atoms with van der Waals surface area (Å²) < 4.78 is 13.1. The Bertz CT molecular complexity index is 429. The number of phenolic OH excluding ortho intramolecular Hbond substituents is 1. The second-order valence-electron chi connectivity index (χ2n) is 3.10. The van der Waals surface area contributed by atoms with Crippen LogP contribution in [0, 0.1) is 17.1 Å². The van der Waals surface area contributed by atoms with Crippen molar-refractivity contribution in [2.75, 3.05) is 0 Å². The van der Waals surface area contributed by atoms with E-state index >= 15 is 0 Å². The highest BCUT2D eigenvalue weighted by atomic mass is 35.5. The fourth-order valence-electron chi connectivity index (χ4n) is 1.35. The zero-order valence-electron chi connectivity index (χ0n) is 8.48. The van der Waals surface area contributed by atoms with Crippen molar-refractivity contribution in [3.8, 4) is 11.8 Å². The van der Waals surface area contributed by atoms with Crippen molar-refractivity contribution in [3.05, 3.63) is 41.7 Å². The Kier molecular flexibility index (Phi) is 5.51. The molecule has 0 saturated carbocycles. The van der Waals surface area contributed by atoms with Gasteiger partial charge in [-0.1, -0.05) is 6.08 Å². The first-order valence-corrected chi connectivity index (χ1v) is 4.39. The van der Waals surface area contributed by atoms with E-state index in [4.69, 9.17) is 11.0 Å². The number of rotatable bonds is 3. The molecule has 0 aliphatic rings. The summed E-state index contributed by atoms with van der Waals surface area (Å²) >= 11 is 0. The van der Waals surface area contributed by atoms with Crippen LogP contribution in [0.1, 0.15) is 23.6 Å². The number of nitriles is 1. The summed E-state index contributed by atoms with van der Waals surface area (Å²) in [7, 11) is 0. The molecule has 0 radical (unpaired) electrons. The highest BCUT2D eigenvalue weighted by molar-refractivity contribution is 5.85. The van der Waals surface area contributed by atoms with Crippen molar-refractivity contribution >= 4 is 12.4 Å². The number of nitrogens with two attached hydrogens (primary N) is 1. The molecule has 0 spiro atoms. The number of nitrogens with zero attached hydrogens (tertiary/aromatic N) is 1. The topological polar surface area (TPSA) is 70.0 Å². The summed E-state index contributed by atoms with van der Waals surface area (Å²) in [4.78, 5) is 0. The highest BCUT2D eigenvalue weighted by Gasteiger charge is 2.17. The van der Waals surface area contributed by atoms with Gasteiger partial charge in [-0.05, 0) is 18.6 Å². The zero-order chi connectivity index (χ0) is 11.4. The molecule has 0 bridgehead atoms. The minimum atomic E-state index is -0.775. The molecule has 86 valence electrons. The summed E-state index contributed by atoms with van der Waals surface area (Å²) in [5, 5.41) is 18.3.